The number of phenols is 1. The second-order valence-corrected chi connectivity index (χ2v) is 8.45. The van der Waals surface area contributed by atoms with Gasteiger partial charge in [-0.05, 0) is 73.6 Å². The van der Waals surface area contributed by atoms with Crippen LogP contribution in [0.4, 0.5) is 5.69 Å². The summed E-state index contributed by atoms with van der Waals surface area (Å²) >= 11 is 0. The lowest BCUT2D eigenvalue weighted by molar-refractivity contribution is -0.892. The number of aromatic hydroxyl groups is 1. The van der Waals surface area contributed by atoms with Crippen molar-refractivity contribution in [3.05, 3.63) is 59.2 Å². The third-order valence-electron chi connectivity index (χ3n) is 6.35. The van der Waals surface area contributed by atoms with Gasteiger partial charge < -0.3 is 20.2 Å². The molecule has 4 rings (SSSR count). The highest BCUT2D eigenvalue weighted by Crippen LogP contribution is 2.24. The van der Waals surface area contributed by atoms with Gasteiger partial charge in [0.15, 0.2) is 6.54 Å². The van der Waals surface area contributed by atoms with Crippen molar-refractivity contribution in [2.24, 2.45) is 0 Å². The normalized spacial score (nSPS) is 18.2. The lowest BCUT2D eigenvalue weighted by Crippen LogP contribution is -3.15. The Balaban J connectivity index is 1.26. The summed E-state index contributed by atoms with van der Waals surface area (Å²) in [6, 6.07) is 14.1. The summed E-state index contributed by atoms with van der Waals surface area (Å²) in [6.07, 6.45) is 4.92. The molecule has 5 nitrogen and oxygen atoms in total. The molecule has 0 unspecified atom stereocenters. The average molecular weight is 395 g/mol. The van der Waals surface area contributed by atoms with Crippen LogP contribution in [0.15, 0.2) is 42.5 Å². The first-order chi connectivity index (χ1) is 14.1. The van der Waals surface area contributed by atoms with Crippen molar-refractivity contribution in [2.45, 2.75) is 38.6 Å². The minimum Gasteiger partial charge on any atom is -0.508 e. The molecule has 1 saturated heterocycles. The second-order valence-electron chi connectivity index (χ2n) is 8.45. The molecule has 1 aliphatic carbocycles. The molecule has 5 heteroatoms. The van der Waals surface area contributed by atoms with Gasteiger partial charge in [0.25, 0.3) is 5.91 Å². The third-order valence-corrected chi connectivity index (χ3v) is 6.35. The maximum Gasteiger partial charge on any atom is 0.275 e. The molecule has 2 aromatic carbocycles. The highest BCUT2D eigenvalue weighted by Gasteiger charge is 2.23. The molecule has 0 radical (unpaired) electrons. The van der Waals surface area contributed by atoms with Crippen LogP contribution in [-0.4, -0.2) is 43.7 Å². The number of hydrogen-bond donors (Lipinski definition) is 3. The topological polar surface area (TPSA) is 57.0 Å². The molecular weight excluding hydrogens is 362 g/mol. The van der Waals surface area contributed by atoms with E-state index in [4.69, 9.17) is 0 Å². The summed E-state index contributed by atoms with van der Waals surface area (Å²) in [5, 5.41) is 12.6. The zero-order valence-electron chi connectivity index (χ0n) is 17.3. The van der Waals surface area contributed by atoms with E-state index in [2.05, 4.69) is 35.3 Å². The van der Waals surface area contributed by atoms with Gasteiger partial charge in [0, 0.05) is 5.69 Å². The van der Waals surface area contributed by atoms with E-state index in [0.29, 0.717) is 12.3 Å². The van der Waals surface area contributed by atoms with Gasteiger partial charge in [-0.1, -0.05) is 18.2 Å². The fourth-order valence-corrected chi connectivity index (χ4v) is 4.55. The Bertz CT molecular complexity index is 842. The van der Waals surface area contributed by atoms with Gasteiger partial charge in [0.05, 0.1) is 32.2 Å². The van der Waals surface area contributed by atoms with Gasteiger partial charge in [0.2, 0.25) is 0 Å². The molecule has 0 bridgehead atoms. The molecular formula is C24H32N3O2+. The van der Waals surface area contributed by atoms with E-state index >= 15 is 0 Å². The number of amides is 1. The number of benzene rings is 2. The van der Waals surface area contributed by atoms with Gasteiger partial charge in [-0.3, -0.25) is 4.79 Å². The number of nitrogens with one attached hydrogen (secondary N) is 2. The summed E-state index contributed by atoms with van der Waals surface area (Å²) in [7, 11) is 0. The van der Waals surface area contributed by atoms with Crippen molar-refractivity contribution in [1.82, 2.24) is 5.32 Å². The number of quaternary nitrogens is 1. The number of anilines is 1. The minimum absolute atomic E-state index is 0.0485. The van der Waals surface area contributed by atoms with E-state index in [9.17, 15) is 9.90 Å². The lowest BCUT2D eigenvalue weighted by Gasteiger charge is -2.33. The molecule has 154 valence electrons. The molecule has 0 saturated carbocycles. The number of nitrogens with zero attached hydrogens (tertiary/aromatic N) is 1. The number of hydrogen-bond acceptors (Lipinski definition) is 3. The van der Waals surface area contributed by atoms with Crippen LogP contribution in [-0.2, 0) is 17.6 Å². The molecule has 1 amide bonds. The number of phenolic OH excluding ortho intramolecular Hbond substituents is 1. The van der Waals surface area contributed by atoms with Gasteiger partial charge >= 0.3 is 0 Å². The summed E-state index contributed by atoms with van der Waals surface area (Å²) in [4.78, 5) is 16.2. The molecule has 1 aliphatic heterocycles. The maximum atomic E-state index is 12.6. The van der Waals surface area contributed by atoms with E-state index in [-0.39, 0.29) is 11.9 Å². The third kappa shape index (κ3) is 4.91. The number of piperazine rings is 1. The number of fused-ring (bicyclic) bond motifs is 1. The zero-order chi connectivity index (χ0) is 20.2. The quantitative estimate of drug-likeness (QED) is 0.726. The number of carbonyl (C=O) groups excluding carboxylic acids is 1. The zero-order valence-corrected chi connectivity index (χ0v) is 17.3. The molecule has 29 heavy (non-hydrogen) atoms. The first kappa shape index (κ1) is 19.8. The van der Waals surface area contributed by atoms with E-state index in [0.717, 1.165) is 31.9 Å². The summed E-state index contributed by atoms with van der Waals surface area (Å²) in [6.45, 7) is 6.35. The van der Waals surface area contributed by atoms with Crippen LogP contribution >= 0.6 is 0 Å². The van der Waals surface area contributed by atoms with Crippen LogP contribution in [0.2, 0.25) is 0 Å². The van der Waals surface area contributed by atoms with Crippen molar-refractivity contribution in [3.63, 3.8) is 0 Å². The molecule has 0 aromatic heterocycles. The molecule has 2 aliphatic rings. The highest BCUT2D eigenvalue weighted by molar-refractivity contribution is 5.77. The van der Waals surface area contributed by atoms with Crippen molar-refractivity contribution in [1.29, 1.82) is 0 Å². The predicted octanol–water partition coefficient (Wildman–Crippen LogP) is 1.85. The Morgan fingerprint density at radius 3 is 2.48 bits per heavy atom. The first-order valence-electron chi connectivity index (χ1n) is 10.9. The van der Waals surface area contributed by atoms with E-state index in [1.165, 1.54) is 47.3 Å². The lowest BCUT2D eigenvalue weighted by atomic mass is 9.89. The Morgan fingerprint density at radius 1 is 1.07 bits per heavy atom. The molecule has 1 fully saturated rings. The fourth-order valence-electron chi connectivity index (χ4n) is 4.55. The average Bonchev–Trinajstić information content (AvgIpc) is 2.74. The first-order valence-corrected chi connectivity index (χ1v) is 10.9. The molecule has 3 N–H and O–H groups in total. The minimum atomic E-state index is 0.0485. The van der Waals surface area contributed by atoms with Gasteiger partial charge in [-0.25, -0.2) is 0 Å². The van der Waals surface area contributed by atoms with E-state index < -0.39 is 0 Å². The molecule has 1 atom stereocenters. The Morgan fingerprint density at radius 2 is 1.76 bits per heavy atom. The van der Waals surface area contributed by atoms with Gasteiger partial charge in [0.1, 0.15) is 5.75 Å². The van der Waals surface area contributed by atoms with Crippen LogP contribution in [0, 0.1) is 0 Å². The van der Waals surface area contributed by atoms with Crippen LogP contribution in [0.25, 0.3) is 0 Å². The number of carbonyl (C=O) groups is 1. The Kier molecular flexibility index (Phi) is 6.05. The van der Waals surface area contributed by atoms with Crippen LogP contribution in [0.1, 0.15) is 42.5 Å². The maximum absolute atomic E-state index is 12.6. The summed E-state index contributed by atoms with van der Waals surface area (Å²) in [5.74, 6) is 0.422. The smallest absolute Gasteiger partial charge is 0.275 e. The second kappa shape index (κ2) is 8.87. The van der Waals surface area contributed by atoms with Crippen molar-refractivity contribution >= 4 is 11.6 Å². The van der Waals surface area contributed by atoms with Crippen molar-refractivity contribution in [3.8, 4) is 5.75 Å². The molecule has 2 aromatic rings. The monoisotopic (exact) mass is 394 g/mol. The Labute approximate surface area is 173 Å². The number of aryl methyl sites for hydroxylation is 2. The molecule has 1 heterocycles. The van der Waals surface area contributed by atoms with Crippen molar-refractivity contribution in [2.75, 3.05) is 37.6 Å². The van der Waals surface area contributed by atoms with Gasteiger partial charge in [-0.15, -0.1) is 0 Å². The highest BCUT2D eigenvalue weighted by atomic mass is 16.3. The SMILES string of the molecule is C[C@H](NC(=O)C[NH+]1CCN(c2ccc(O)cc2)CC1)c1ccc2c(c1)CCCC2. The van der Waals surface area contributed by atoms with Crippen LogP contribution in [0.3, 0.4) is 0 Å². The van der Waals surface area contributed by atoms with Crippen LogP contribution < -0.4 is 15.1 Å². The number of rotatable bonds is 5. The largest absolute Gasteiger partial charge is 0.508 e. The standard InChI is InChI=1S/C24H31N3O2/c1-18(20-7-6-19-4-2-3-5-21(19)16-20)25-24(29)17-26-12-14-27(15-13-26)22-8-10-23(28)11-9-22/h6-11,16,18,28H,2-5,12-15,17H2,1H3,(H,25,29)/p+1/t18-/m0/s1. The summed E-state index contributed by atoms with van der Waals surface area (Å²) in [5.41, 5.74) is 5.29. The van der Waals surface area contributed by atoms with Gasteiger partial charge in [-0.2, -0.15) is 0 Å². The van der Waals surface area contributed by atoms with Crippen LogP contribution in [0.5, 0.6) is 5.75 Å². The Hall–Kier alpha value is -2.53. The molecule has 0 spiro atoms. The predicted molar refractivity (Wildman–Crippen MR) is 116 cm³/mol. The summed E-state index contributed by atoms with van der Waals surface area (Å²) < 4.78 is 0. The van der Waals surface area contributed by atoms with Crippen molar-refractivity contribution < 1.29 is 14.8 Å². The van der Waals surface area contributed by atoms with E-state index in [1.807, 2.05) is 12.1 Å². The fraction of sp³-hybridized carbons (Fsp3) is 0.458. The van der Waals surface area contributed by atoms with E-state index in [1.54, 1.807) is 12.1 Å².